The second-order valence-electron chi connectivity index (χ2n) is 4.52. The van der Waals surface area contributed by atoms with Crippen molar-refractivity contribution in [2.75, 3.05) is 13.7 Å². The van der Waals surface area contributed by atoms with Crippen molar-refractivity contribution in [3.05, 3.63) is 53.6 Å². The maximum absolute atomic E-state index is 11.6. The highest BCUT2D eigenvalue weighted by Gasteiger charge is 2.12. The molecule has 0 aliphatic rings. The fourth-order valence-corrected chi connectivity index (χ4v) is 2.06. The Kier molecular flexibility index (Phi) is 4.78. The van der Waals surface area contributed by atoms with Crippen molar-refractivity contribution < 1.29 is 24.2 Å². The van der Waals surface area contributed by atoms with E-state index in [-0.39, 0.29) is 11.5 Å². The molecule has 0 spiro atoms. The number of ether oxygens (including phenoxy) is 2. The van der Waals surface area contributed by atoms with Crippen LogP contribution in [-0.2, 0) is 4.74 Å². The van der Waals surface area contributed by atoms with Crippen LogP contribution < -0.4 is 4.74 Å². The Morgan fingerprint density at radius 1 is 1.05 bits per heavy atom. The normalized spacial score (nSPS) is 10.1. The van der Waals surface area contributed by atoms with Gasteiger partial charge >= 0.3 is 11.9 Å². The molecule has 0 aliphatic heterocycles. The number of carboxylic acid groups (broad SMARTS) is 1. The van der Waals surface area contributed by atoms with Crippen molar-refractivity contribution in [2.24, 2.45) is 0 Å². The van der Waals surface area contributed by atoms with Crippen LogP contribution >= 0.6 is 0 Å². The van der Waals surface area contributed by atoms with Crippen molar-refractivity contribution in [3.63, 3.8) is 0 Å². The predicted octanol–water partition coefficient (Wildman–Crippen LogP) is 3.24. The summed E-state index contributed by atoms with van der Waals surface area (Å²) in [5.41, 5.74) is 2.23. The average Bonchev–Trinajstić information content (AvgIpc) is 2.54. The van der Waals surface area contributed by atoms with Gasteiger partial charge in [-0.2, -0.15) is 0 Å². The van der Waals surface area contributed by atoms with Crippen LogP contribution in [0.15, 0.2) is 42.5 Å². The van der Waals surface area contributed by atoms with Crippen LogP contribution in [0.25, 0.3) is 11.1 Å². The number of benzene rings is 2. The van der Waals surface area contributed by atoms with Crippen molar-refractivity contribution in [1.29, 1.82) is 0 Å². The van der Waals surface area contributed by atoms with Crippen molar-refractivity contribution in [3.8, 4) is 16.9 Å². The smallest absolute Gasteiger partial charge is 0.339 e. The molecule has 0 unspecified atom stereocenters. The molecular weight excluding hydrogens is 284 g/mol. The molecule has 0 fully saturated rings. The molecule has 0 amide bonds. The van der Waals surface area contributed by atoms with Crippen LogP contribution in [0.2, 0.25) is 0 Å². The number of esters is 1. The molecule has 5 nitrogen and oxygen atoms in total. The van der Waals surface area contributed by atoms with Gasteiger partial charge < -0.3 is 14.6 Å². The summed E-state index contributed by atoms with van der Waals surface area (Å²) in [4.78, 5) is 22.7. The number of carbonyl (C=O) groups is 2. The molecule has 2 aromatic carbocycles. The van der Waals surface area contributed by atoms with E-state index in [0.29, 0.717) is 17.9 Å². The van der Waals surface area contributed by atoms with E-state index < -0.39 is 5.97 Å². The Morgan fingerprint density at radius 3 is 2.23 bits per heavy atom. The van der Waals surface area contributed by atoms with Gasteiger partial charge in [0.15, 0.2) is 0 Å². The molecule has 2 aromatic rings. The summed E-state index contributed by atoms with van der Waals surface area (Å²) < 4.78 is 10.0. The van der Waals surface area contributed by atoms with E-state index in [4.69, 9.17) is 14.6 Å². The van der Waals surface area contributed by atoms with E-state index in [1.807, 2.05) is 0 Å². The van der Waals surface area contributed by atoms with Gasteiger partial charge in [-0.3, -0.25) is 0 Å². The lowest BCUT2D eigenvalue weighted by atomic mass is 10.0. The molecule has 1 N–H and O–H groups in total. The van der Waals surface area contributed by atoms with E-state index in [2.05, 4.69) is 0 Å². The first-order valence-electron chi connectivity index (χ1n) is 6.75. The third kappa shape index (κ3) is 3.25. The Balaban J connectivity index is 2.32. The third-order valence-corrected chi connectivity index (χ3v) is 3.16. The first kappa shape index (κ1) is 15.6. The fourth-order valence-electron chi connectivity index (χ4n) is 2.06. The largest absolute Gasteiger partial charge is 0.496 e. The van der Waals surface area contributed by atoms with Gasteiger partial charge in [0.05, 0.1) is 19.3 Å². The van der Waals surface area contributed by atoms with Crippen LogP contribution in [0.4, 0.5) is 0 Å². The van der Waals surface area contributed by atoms with Gasteiger partial charge in [-0.1, -0.05) is 18.2 Å². The molecule has 0 heterocycles. The quantitative estimate of drug-likeness (QED) is 0.858. The molecule has 0 saturated carbocycles. The highest BCUT2D eigenvalue weighted by Crippen LogP contribution is 2.27. The van der Waals surface area contributed by atoms with E-state index in [1.54, 1.807) is 43.3 Å². The lowest BCUT2D eigenvalue weighted by Crippen LogP contribution is -2.04. The summed E-state index contributed by atoms with van der Waals surface area (Å²) >= 11 is 0. The minimum Gasteiger partial charge on any atom is -0.496 e. The molecule has 2 rings (SSSR count). The number of methoxy groups -OCH3 is 1. The highest BCUT2D eigenvalue weighted by molar-refractivity contribution is 5.92. The van der Waals surface area contributed by atoms with Gasteiger partial charge in [0.25, 0.3) is 0 Å². The first-order chi connectivity index (χ1) is 10.6. The van der Waals surface area contributed by atoms with E-state index in [9.17, 15) is 9.59 Å². The predicted molar refractivity (Wildman–Crippen MR) is 81.3 cm³/mol. The number of hydrogen-bond donors (Lipinski definition) is 1. The zero-order chi connectivity index (χ0) is 16.1. The van der Waals surface area contributed by atoms with E-state index >= 15 is 0 Å². The third-order valence-electron chi connectivity index (χ3n) is 3.16. The highest BCUT2D eigenvalue weighted by atomic mass is 16.5. The Labute approximate surface area is 128 Å². The van der Waals surface area contributed by atoms with Gasteiger partial charge in [-0.15, -0.1) is 0 Å². The first-order valence-corrected chi connectivity index (χ1v) is 6.75. The summed E-state index contributed by atoms with van der Waals surface area (Å²) in [7, 11) is 1.43. The number of carbonyl (C=O) groups excluding carboxylic acids is 1. The molecule has 0 atom stereocenters. The number of aromatic carboxylic acids is 1. The van der Waals surface area contributed by atoms with Crippen LogP contribution in [0.5, 0.6) is 5.75 Å². The standard InChI is InChI=1S/C17H16O5/c1-3-22-17(20)12-6-4-11(5-7-12)13-8-9-14(16(18)19)15(10-13)21-2/h4-10H,3H2,1-2H3,(H,18,19). The lowest BCUT2D eigenvalue weighted by Gasteiger charge is -2.09. The summed E-state index contributed by atoms with van der Waals surface area (Å²) in [6.45, 7) is 2.08. The monoisotopic (exact) mass is 300 g/mol. The second-order valence-corrected chi connectivity index (χ2v) is 4.52. The van der Waals surface area contributed by atoms with Gasteiger partial charge in [-0.25, -0.2) is 9.59 Å². The van der Waals surface area contributed by atoms with Crippen molar-refractivity contribution in [2.45, 2.75) is 6.92 Å². The molecule has 5 heteroatoms. The Hall–Kier alpha value is -2.82. The van der Waals surface area contributed by atoms with E-state index in [0.717, 1.165) is 11.1 Å². The maximum Gasteiger partial charge on any atom is 0.339 e. The minimum atomic E-state index is -1.04. The van der Waals surface area contributed by atoms with Gasteiger partial charge in [0.2, 0.25) is 0 Å². The summed E-state index contributed by atoms with van der Waals surface area (Å²) in [6.07, 6.45) is 0. The van der Waals surface area contributed by atoms with Crippen LogP contribution in [-0.4, -0.2) is 30.8 Å². The number of carboxylic acids is 1. The van der Waals surface area contributed by atoms with Crippen LogP contribution in [0.1, 0.15) is 27.6 Å². The number of hydrogen-bond acceptors (Lipinski definition) is 4. The van der Waals surface area contributed by atoms with Crippen molar-refractivity contribution in [1.82, 2.24) is 0 Å². The molecule has 22 heavy (non-hydrogen) atoms. The summed E-state index contributed by atoms with van der Waals surface area (Å²) in [6, 6.07) is 11.8. The second kappa shape index (κ2) is 6.76. The van der Waals surface area contributed by atoms with E-state index in [1.165, 1.54) is 13.2 Å². The zero-order valence-corrected chi connectivity index (χ0v) is 12.3. The van der Waals surface area contributed by atoms with Crippen LogP contribution in [0, 0.1) is 0 Å². The molecule has 0 radical (unpaired) electrons. The van der Waals surface area contributed by atoms with Gasteiger partial charge in [0, 0.05) is 0 Å². The minimum absolute atomic E-state index is 0.106. The molecule has 0 aliphatic carbocycles. The van der Waals surface area contributed by atoms with Gasteiger partial charge in [0.1, 0.15) is 11.3 Å². The fraction of sp³-hybridized carbons (Fsp3) is 0.176. The summed E-state index contributed by atoms with van der Waals surface area (Å²) in [5.74, 6) is -1.12. The van der Waals surface area contributed by atoms with Crippen molar-refractivity contribution >= 4 is 11.9 Å². The number of rotatable bonds is 5. The maximum atomic E-state index is 11.6. The SMILES string of the molecule is CCOC(=O)c1ccc(-c2ccc(C(=O)O)c(OC)c2)cc1. The summed E-state index contributed by atoms with van der Waals surface area (Å²) in [5, 5.41) is 9.07. The Bertz CT molecular complexity index is 689. The topological polar surface area (TPSA) is 72.8 Å². The molecule has 114 valence electrons. The van der Waals surface area contributed by atoms with Gasteiger partial charge in [-0.05, 0) is 42.3 Å². The average molecular weight is 300 g/mol. The zero-order valence-electron chi connectivity index (χ0n) is 12.3. The Morgan fingerprint density at radius 2 is 1.68 bits per heavy atom. The van der Waals surface area contributed by atoms with Crippen LogP contribution in [0.3, 0.4) is 0 Å². The molecule has 0 aromatic heterocycles. The molecule has 0 saturated heterocycles. The molecular formula is C17H16O5. The lowest BCUT2D eigenvalue weighted by molar-refractivity contribution is 0.0525. The molecule has 0 bridgehead atoms.